The molecule has 0 saturated heterocycles. The van der Waals surface area contributed by atoms with Crippen molar-refractivity contribution in [3.05, 3.63) is 40.8 Å². The number of fused-ring (bicyclic) bond motifs is 1. The summed E-state index contributed by atoms with van der Waals surface area (Å²) in [6.07, 6.45) is 5.90. The summed E-state index contributed by atoms with van der Waals surface area (Å²) in [5, 5.41) is 9.78. The SMILES string of the molecule is CCC/C=C(\O)Oc1cc2c(cc1C)CCC2(C)C. The van der Waals surface area contributed by atoms with Crippen LogP contribution in [0, 0.1) is 6.92 Å². The molecule has 0 aromatic heterocycles. The molecule has 0 radical (unpaired) electrons. The summed E-state index contributed by atoms with van der Waals surface area (Å²) in [4.78, 5) is 0. The molecule has 1 N–H and O–H groups in total. The number of unbranched alkanes of at least 4 members (excludes halogenated alkanes) is 1. The highest BCUT2D eigenvalue weighted by Crippen LogP contribution is 2.41. The number of hydrogen-bond donors (Lipinski definition) is 1. The third kappa shape index (κ3) is 2.94. The van der Waals surface area contributed by atoms with E-state index in [0.717, 1.165) is 30.6 Å². The highest BCUT2D eigenvalue weighted by Gasteiger charge is 2.30. The average molecular weight is 260 g/mol. The minimum absolute atomic E-state index is 0.0145. The van der Waals surface area contributed by atoms with E-state index in [1.54, 1.807) is 6.08 Å². The summed E-state index contributed by atoms with van der Waals surface area (Å²) in [5.41, 5.74) is 4.08. The molecule has 0 bridgehead atoms. The van der Waals surface area contributed by atoms with Crippen LogP contribution < -0.4 is 4.74 Å². The lowest BCUT2D eigenvalue weighted by molar-refractivity contribution is 0.205. The summed E-state index contributed by atoms with van der Waals surface area (Å²) in [6.45, 7) is 8.65. The van der Waals surface area contributed by atoms with Crippen LogP contribution in [0.15, 0.2) is 24.2 Å². The molecule has 1 aromatic carbocycles. The molecule has 19 heavy (non-hydrogen) atoms. The van der Waals surface area contributed by atoms with Gasteiger partial charge in [0.25, 0.3) is 5.95 Å². The summed E-state index contributed by atoms with van der Waals surface area (Å²) in [6, 6.07) is 4.31. The van der Waals surface area contributed by atoms with Gasteiger partial charge in [-0.25, -0.2) is 0 Å². The molecule has 0 fully saturated rings. The number of ether oxygens (including phenoxy) is 1. The Morgan fingerprint density at radius 2 is 2.16 bits per heavy atom. The summed E-state index contributed by atoms with van der Waals surface area (Å²) in [5.74, 6) is 0.791. The molecule has 0 heterocycles. The average Bonchev–Trinajstić information content (AvgIpc) is 2.63. The van der Waals surface area contributed by atoms with Gasteiger partial charge in [-0.15, -0.1) is 0 Å². The number of hydrogen-bond acceptors (Lipinski definition) is 2. The molecule has 0 spiro atoms. The number of rotatable bonds is 4. The van der Waals surface area contributed by atoms with Crippen LogP contribution in [-0.4, -0.2) is 5.11 Å². The van der Waals surface area contributed by atoms with Crippen LogP contribution >= 0.6 is 0 Å². The van der Waals surface area contributed by atoms with E-state index in [0.29, 0.717) is 0 Å². The summed E-state index contributed by atoms with van der Waals surface area (Å²) < 4.78 is 5.58. The normalized spacial score (nSPS) is 17.4. The van der Waals surface area contributed by atoms with E-state index >= 15 is 0 Å². The van der Waals surface area contributed by atoms with Crippen molar-refractivity contribution in [2.75, 3.05) is 0 Å². The van der Waals surface area contributed by atoms with Crippen molar-refractivity contribution in [1.29, 1.82) is 0 Å². The van der Waals surface area contributed by atoms with Crippen LogP contribution in [0.2, 0.25) is 0 Å². The molecule has 0 atom stereocenters. The lowest BCUT2D eigenvalue weighted by Gasteiger charge is -2.20. The molecular weight excluding hydrogens is 236 g/mol. The van der Waals surface area contributed by atoms with Gasteiger partial charge >= 0.3 is 0 Å². The van der Waals surface area contributed by atoms with Gasteiger partial charge in [-0.1, -0.05) is 33.3 Å². The van der Waals surface area contributed by atoms with Gasteiger partial charge in [0.05, 0.1) is 0 Å². The first-order valence-corrected chi connectivity index (χ1v) is 7.15. The summed E-state index contributed by atoms with van der Waals surface area (Å²) >= 11 is 0. The Balaban J connectivity index is 2.28. The first kappa shape index (κ1) is 14.0. The maximum absolute atomic E-state index is 9.78. The van der Waals surface area contributed by atoms with E-state index in [4.69, 9.17) is 4.74 Å². The first-order chi connectivity index (χ1) is 8.94. The van der Waals surface area contributed by atoms with Crippen molar-refractivity contribution >= 4 is 0 Å². The van der Waals surface area contributed by atoms with Gasteiger partial charge in [0.15, 0.2) is 0 Å². The molecule has 1 aromatic rings. The second kappa shape index (κ2) is 5.28. The standard InChI is InChI=1S/C17H24O2/c1-5-6-7-16(18)19-15-11-14-13(10-12(15)2)8-9-17(14,3)4/h7,10-11,18H,5-6,8-9H2,1-4H3/b16-7+. The molecule has 2 rings (SSSR count). The van der Waals surface area contributed by atoms with E-state index in [1.165, 1.54) is 17.5 Å². The Morgan fingerprint density at radius 1 is 1.42 bits per heavy atom. The van der Waals surface area contributed by atoms with Crippen molar-refractivity contribution in [1.82, 2.24) is 0 Å². The minimum Gasteiger partial charge on any atom is -0.481 e. The quantitative estimate of drug-likeness (QED) is 0.788. The third-order valence-corrected chi connectivity index (χ3v) is 3.97. The molecule has 2 nitrogen and oxygen atoms in total. The first-order valence-electron chi connectivity index (χ1n) is 7.15. The Labute approximate surface area is 116 Å². The van der Waals surface area contributed by atoms with E-state index in [1.807, 2.05) is 6.92 Å². The molecule has 1 aliphatic carbocycles. The Hall–Kier alpha value is -1.44. The van der Waals surface area contributed by atoms with E-state index in [2.05, 4.69) is 32.9 Å². The van der Waals surface area contributed by atoms with Gasteiger partial charge in [0.2, 0.25) is 0 Å². The highest BCUT2D eigenvalue weighted by molar-refractivity contribution is 5.48. The molecular formula is C17H24O2. The van der Waals surface area contributed by atoms with E-state index in [-0.39, 0.29) is 11.4 Å². The van der Waals surface area contributed by atoms with Crippen LogP contribution in [0.5, 0.6) is 5.75 Å². The predicted octanol–water partition coefficient (Wildman–Crippen LogP) is 4.80. The number of aryl methyl sites for hydroxylation is 2. The van der Waals surface area contributed by atoms with E-state index < -0.39 is 0 Å². The van der Waals surface area contributed by atoms with Crippen molar-refractivity contribution in [3.63, 3.8) is 0 Å². The Morgan fingerprint density at radius 3 is 2.84 bits per heavy atom. The predicted molar refractivity (Wildman–Crippen MR) is 78.8 cm³/mol. The van der Waals surface area contributed by atoms with Crippen molar-refractivity contribution < 1.29 is 9.84 Å². The fourth-order valence-electron chi connectivity index (χ4n) is 2.70. The maximum Gasteiger partial charge on any atom is 0.277 e. The van der Waals surface area contributed by atoms with Gasteiger partial charge < -0.3 is 9.84 Å². The lowest BCUT2D eigenvalue weighted by atomic mass is 9.86. The Bertz CT molecular complexity index is 498. The highest BCUT2D eigenvalue weighted by atomic mass is 16.6. The molecule has 0 unspecified atom stereocenters. The zero-order valence-electron chi connectivity index (χ0n) is 12.4. The second-order valence-electron chi connectivity index (χ2n) is 6.09. The monoisotopic (exact) mass is 260 g/mol. The van der Waals surface area contributed by atoms with Gasteiger partial charge in [-0.2, -0.15) is 0 Å². The van der Waals surface area contributed by atoms with Crippen LogP contribution in [-0.2, 0) is 11.8 Å². The third-order valence-electron chi connectivity index (χ3n) is 3.97. The zero-order valence-corrected chi connectivity index (χ0v) is 12.4. The van der Waals surface area contributed by atoms with Crippen molar-refractivity contribution in [2.45, 2.75) is 58.8 Å². The fourth-order valence-corrected chi connectivity index (χ4v) is 2.70. The van der Waals surface area contributed by atoms with Crippen molar-refractivity contribution in [2.24, 2.45) is 0 Å². The smallest absolute Gasteiger partial charge is 0.277 e. The van der Waals surface area contributed by atoms with Crippen LogP contribution in [0.25, 0.3) is 0 Å². The number of benzene rings is 1. The molecule has 0 amide bonds. The van der Waals surface area contributed by atoms with Gasteiger partial charge in [-0.3, -0.25) is 0 Å². The minimum atomic E-state index is 0.0145. The number of aliphatic hydroxyl groups excluding tert-OH is 1. The topological polar surface area (TPSA) is 29.5 Å². The second-order valence-corrected chi connectivity index (χ2v) is 6.09. The molecule has 0 saturated carbocycles. The lowest BCUT2D eigenvalue weighted by Crippen LogP contribution is -2.12. The van der Waals surface area contributed by atoms with Crippen molar-refractivity contribution in [3.8, 4) is 5.75 Å². The molecule has 2 heteroatoms. The largest absolute Gasteiger partial charge is 0.481 e. The van der Waals surface area contributed by atoms with Gasteiger partial charge in [0.1, 0.15) is 5.75 Å². The maximum atomic E-state index is 9.78. The fraction of sp³-hybridized carbons (Fsp3) is 0.529. The Kier molecular flexibility index (Phi) is 3.88. The van der Waals surface area contributed by atoms with Crippen LogP contribution in [0.1, 0.15) is 56.7 Å². The number of aliphatic hydroxyl groups is 1. The van der Waals surface area contributed by atoms with Gasteiger partial charge in [0, 0.05) is 0 Å². The molecule has 104 valence electrons. The van der Waals surface area contributed by atoms with Crippen LogP contribution in [0.4, 0.5) is 0 Å². The number of allylic oxidation sites excluding steroid dienone is 1. The summed E-state index contributed by atoms with van der Waals surface area (Å²) in [7, 11) is 0. The molecule has 1 aliphatic rings. The zero-order chi connectivity index (χ0) is 14.0. The van der Waals surface area contributed by atoms with Crippen LogP contribution in [0.3, 0.4) is 0 Å². The van der Waals surface area contributed by atoms with E-state index in [9.17, 15) is 5.11 Å². The molecule has 0 aliphatic heterocycles. The van der Waals surface area contributed by atoms with Gasteiger partial charge in [-0.05, 0) is 60.4 Å².